The molecule has 14 heteroatoms. The molecule has 1 aromatic carbocycles. The van der Waals surface area contributed by atoms with Gasteiger partial charge < -0.3 is 42.0 Å². The molecule has 40 heavy (non-hydrogen) atoms. The van der Waals surface area contributed by atoms with Gasteiger partial charge in [0, 0.05) is 29.9 Å². The number of hydrogen-bond acceptors (Lipinski definition) is 7. The van der Waals surface area contributed by atoms with Crippen LogP contribution in [0.3, 0.4) is 0 Å². The van der Waals surface area contributed by atoms with Crippen LogP contribution < -0.4 is 21.7 Å². The molecule has 1 aromatic heterocycles. The standard InChI is InChI=1S/C26H35N5O9/c1-13(2)9-18(30-25(38)19(11-22(34)35)29-23(36)16(27)7-8-21(32)33)24(37)31-20(26(39)40)10-14-12-28-17-6-4-3-5-15(14)17/h3-6,12-13,16,18-20,28H,7-11,27H2,1-2H3,(H,29,36)(H,30,38)(H,31,37)(H,32,33)(H,34,35)(H,39,40). The molecule has 0 aliphatic rings. The van der Waals surface area contributed by atoms with E-state index in [1.54, 1.807) is 26.1 Å². The number of para-hydroxylation sites is 1. The van der Waals surface area contributed by atoms with Crippen LogP contribution in [0.25, 0.3) is 10.9 Å². The van der Waals surface area contributed by atoms with Crippen LogP contribution in [0.2, 0.25) is 0 Å². The van der Waals surface area contributed by atoms with Crippen LogP contribution >= 0.6 is 0 Å². The summed E-state index contributed by atoms with van der Waals surface area (Å²) in [6.07, 6.45) is 0.207. The fourth-order valence-corrected chi connectivity index (χ4v) is 4.04. The molecule has 0 spiro atoms. The van der Waals surface area contributed by atoms with E-state index in [4.69, 9.17) is 10.8 Å². The minimum absolute atomic E-state index is 0.0423. The Labute approximate surface area is 229 Å². The van der Waals surface area contributed by atoms with Crippen molar-refractivity contribution in [2.45, 2.75) is 70.1 Å². The van der Waals surface area contributed by atoms with Gasteiger partial charge in [-0.15, -0.1) is 0 Å². The zero-order valence-corrected chi connectivity index (χ0v) is 22.2. The van der Waals surface area contributed by atoms with Crippen molar-refractivity contribution in [2.24, 2.45) is 11.7 Å². The molecular weight excluding hydrogens is 526 g/mol. The number of aromatic nitrogens is 1. The maximum atomic E-state index is 13.2. The first-order valence-electron chi connectivity index (χ1n) is 12.7. The number of carboxylic acids is 3. The minimum atomic E-state index is -1.62. The van der Waals surface area contributed by atoms with Gasteiger partial charge in [-0.1, -0.05) is 32.0 Å². The number of rotatable bonds is 16. The van der Waals surface area contributed by atoms with Gasteiger partial charge in [-0.3, -0.25) is 24.0 Å². The van der Waals surface area contributed by atoms with Gasteiger partial charge in [-0.05, 0) is 30.4 Å². The Hall–Kier alpha value is -4.46. The third-order valence-electron chi connectivity index (χ3n) is 6.07. The van der Waals surface area contributed by atoms with Crippen molar-refractivity contribution in [1.29, 1.82) is 0 Å². The average Bonchev–Trinajstić information content (AvgIpc) is 3.28. The summed E-state index contributed by atoms with van der Waals surface area (Å²) < 4.78 is 0. The average molecular weight is 562 g/mol. The van der Waals surface area contributed by atoms with Crippen LogP contribution in [0, 0.1) is 5.92 Å². The van der Waals surface area contributed by atoms with E-state index in [9.17, 15) is 39.0 Å². The number of hydrogen-bond donors (Lipinski definition) is 8. The van der Waals surface area contributed by atoms with Gasteiger partial charge in [0.25, 0.3) is 0 Å². The van der Waals surface area contributed by atoms with Crippen molar-refractivity contribution in [3.8, 4) is 0 Å². The number of benzene rings is 1. The van der Waals surface area contributed by atoms with Crippen molar-refractivity contribution in [2.75, 3.05) is 0 Å². The normalized spacial score (nSPS) is 14.1. The molecule has 0 saturated carbocycles. The maximum Gasteiger partial charge on any atom is 0.326 e. The smallest absolute Gasteiger partial charge is 0.326 e. The molecule has 9 N–H and O–H groups in total. The first-order valence-corrected chi connectivity index (χ1v) is 12.7. The van der Waals surface area contributed by atoms with E-state index < -0.39 is 72.6 Å². The third kappa shape index (κ3) is 9.69. The predicted molar refractivity (Wildman–Crippen MR) is 142 cm³/mol. The number of carbonyl (C=O) groups excluding carboxylic acids is 3. The number of carboxylic acid groups (broad SMARTS) is 3. The van der Waals surface area contributed by atoms with Crippen molar-refractivity contribution in [3.05, 3.63) is 36.0 Å². The monoisotopic (exact) mass is 561 g/mol. The molecule has 1 heterocycles. The lowest BCUT2D eigenvalue weighted by atomic mass is 10.0. The quantitative estimate of drug-likeness (QED) is 0.136. The van der Waals surface area contributed by atoms with Gasteiger partial charge in [0.1, 0.15) is 18.1 Å². The molecule has 0 bridgehead atoms. The Morgan fingerprint density at radius 3 is 2.05 bits per heavy atom. The van der Waals surface area contributed by atoms with Crippen LogP contribution in [0.15, 0.2) is 30.5 Å². The van der Waals surface area contributed by atoms with Gasteiger partial charge in [0.05, 0.1) is 12.5 Å². The van der Waals surface area contributed by atoms with Crippen molar-refractivity contribution in [1.82, 2.24) is 20.9 Å². The third-order valence-corrected chi connectivity index (χ3v) is 6.07. The molecule has 3 amide bonds. The number of H-pyrrole nitrogens is 1. The van der Waals surface area contributed by atoms with E-state index in [1.165, 1.54) is 0 Å². The van der Waals surface area contributed by atoms with Crippen molar-refractivity contribution >= 4 is 46.5 Å². The summed E-state index contributed by atoms with van der Waals surface area (Å²) in [5, 5.41) is 35.6. The number of aromatic amines is 1. The van der Waals surface area contributed by atoms with E-state index in [2.05, 4.69) is 20.9 Å². The molecular formula is C26H35N5O9. The molecule has 4 atom stereocenters. The summed E-state index contributed by atoms with van der Waals surface area (Å²) in [7, 11) is 0. The maximum absolute atomic E-state index is 13.2. The largest absolute Gasteiger partial charge is 0.481 e. The molecule has 0 saturated heterocycles. The Kier molecular flexibility index (Phi) is 11.6. The summed E-state index contributed by atoms with van der Waals surface area (Å²) in [5.74, 6) is -6.76. The zero-order valence-electron chi connectivity index (χ0n) is 22.2. The lowest BCUT2D eigenvalue weighted by Crippen LogP contribution is -2.57. The predicted octanol–water partition coefficient (Wildman–Crippen LogP) is -0.0377. The number of fused-ring (bicyclic) bond motifs is 1. The van der Waals surface area contributed by atoms with Gasteiger partial charge in [-0.2, -0.15) is 0 Å². The molecule has 2 rings (SSSR count). The molecule has 0 aliphatic carbocycles. The van der Waals surface area contributed by atoms with Gasteiger partial charge >= 0.3 is 17.9 Å². The second kappa shape index (κ2) is 14.6. The highest BCUT2D eigenvalue weighted by Crippen LogP contribution is 2.19. The van der Waals surface area contributed by atoms with Crippen molar-refractivity contribution < 1.29 is 44.1 Å². The zero-order chi connectivity index (χ0) is 30.0. The van der Waals surface area contributed by atoms with Crippen LogP contribution in [0.4, 0.5) is 0 Å². The molecule has 218 valence electrons. The lowest BCUT2D eigenvalue weighted by molar-refractivity contribution is -0.143. The van der Waals surface area contributed by atoms with Crippen LogP contribution in [0.5, 0.6) is 0 Å². The van der Waals surface area contributed by atoms with Gasteiger partial charge in [-0.25, -0.2) is 4.79 Å². The Morgan fingerprint density at radius 2 is 1.45 bits per heavy atom. The number of carbonyl (C=O) groups is 6. The molecule has 4 unspecified atom stereocenters. The molecule has 0 aliphatic heterocycles. The van der Waals surface area contributed by atoms with Crippen LogP contribution in [-0.4, -0.2) is 80.1 Å². The summed E-state index contributed by atoms with van der Waals surface area (Å²) in [6.45, 7) is 3.54. The number of nitrogens with one attached hydrogen (secondary N) is 4. The Balaban J connectivity index is 2.17. The van der Waals surface area contributed by atoms with Crippen molar-refractivity contribution in [3.63, 3.8) is 0 Å². The first kappa shape index (κ1) is 31.8. The minimum Gasteiger partial charge on any atom is -0.481 e. The van der Waals surface area contributed by atoms with Gasteiger partial charge in [0.2, 0.25) is 17.7 Å². The fraction of sp³-hybridized carbons (Fsp3) is 0.462. The Bertz CT molecular complexity index is 1240. The second-order valence-electron chi connectivity index (χ2n) is 9.85. The van der Waals surface area contributed by atoms with E-state index >= 15 is 0 Å². The molecule has 2 aromatic rings. The highest BCUT2D eigenvalue weighted by Gasteiger charge is 2.32. The summed E-state index contributed by atoms with van der Waals surface area (Å²) in [4.78, 5) is 75.7. The number of amides is 3. The summed E-state index contributed by atoms with van der Waals surface area (Å²) >= 11 is 0. The van der Waals surface area contributed by atoms with E-state index in [1.807, 2.05) is 18.2 Å². The second-order valence-corrected chi connectivity index (χ2v) is 9.85. The van der Waals surface area contributed by atoms with Crippen LogP contribution in [0.1, 0.15) is 45.1 Å². The van der Waals surface area contributed by atoms with E-state index in [0.717, 1.165) is 10.9 Å². The highest BCUT2D eigenvalue weighted by atomic mass is 16.4. The van der Waals surface area contributed by atoms with E-state index in [0.29, 0.717) is 5.56 Å². The first-order chi connectivity index (χ1) is 18.8. The fourth-order valence-electron chi connectivity index (χ4n) is 4.04. The van der Waals surface area contributed by atoms with E-state index in [-0.39, 0.29) is 25.2 Å². The van der Waals surface area contributed by atoms with Gasteiger partial charge in [0.15, 0.2) is 0 Å². The number of nitrogens with two attached hydrogens (primary N) is 1. The lowest BCUT2D eigenvalue weighted by Gasteiger charge is -2.25. The summed E-state index contributed by atoms with van der Waals surface area (Å²) in [5.41, 5.74) is 7.12. The summed E-state index contributed by atoms with van der Waals surface area (Å²) in [6, 6.07) is 1.75. The van der Waals surface area contributed by atoms with Crippen LogP contribution in [-0.2, 0) is 35.2 Å². The molecule has 0 fully saturated rings. The SMILES string of the molecule is CC(C)CC(NC(=O)C(CC(=O)O)NC(=O)C(N)CCC(=O)O)C(=O)NC(Cc1c[nH]c2ccccc12)C(=O)O. The highest BCUT2D eigenvalue weighted by molar-refractivity contribution is 5.96. The Morgan fingerprint density at radius 1 is 0.850 bits per heavy atom. The topological polar surface area (TPSA) is 241 Å². The number of aliphatic carboxylic acids is 3. The molecule has 0 radical (unpaired) electrons. The molecule has 14 nitrogen and oxygen atoms in total.